The lowest BCUT2D eigenvalue weighted by Gasteiger charge is -2.23. The van der Waals surface area contributed by atoms with E-state index in [1.165, 1.54) is 6.33 Å². The molecule has 23 heavy (non-hydrogen) atoms. The molecule has 5 nitrogen and oxygen atoms in total. The van der Waals surface area contributed by atoms with Crippen LogP contribution in [0.4, 0.5) is 0 Å². The molecule has 122 valence electrons. The average molecular weight is 333 g/mol. The number of benzene rings is 1. The first-order valence-electron chi connectivity index (χ1n) is 7.53. The summed E-state index contributed by atoms with van der Waals surface area (Å²) in [6, 6.07) is 9.57. The topological polar surface area (TPSA) is 58.1 Å². The zero-order valence-corrected chi connectivity index (χ0v) is 14.1. The molecule has 1 atom stereocenters. The number of nitrogens with one attached hydrogen (secondary N) is 1. The second kappa shape index (κ2) is 8.60. The number of hydrogen-bond acceptors (Lipinski definition) is 4. The van der Waals surface area contributed by atoms with Crippen LogP contribution < -0.4 is 5.32 Å². The van der Waals surface area contributed by atoms with Gasteiger partial charge in [-0.25, -0.2) is 9.97 Å². The van der Waals surface area contributed by atoms with Crippen molar-refractivity contribution >= 4 is 17.5 Å². The van der Waals surface area contributed by atoms with E-state index in [2.05, 4.69) is 15.3 Å². The van der Waals surface area contributed by atoms with E-state index in [1.54, 1.807) is 6.20 Å². The van der Waals surface area contributed by atoms with E-state index in [4.69, 9.17) is 11.6 Å². The highest BCUT2D eigenvalue weighted by Crippen LogP contribution is 2.14. The maximum Gasteiger partial charge on any atom is 0.234 e. The number of hydrogen-bond donors (Lipinski definition) is 1. The lowest BCUT2D eigenvalue weighted by molar-refractivity contribution is -0.122. The smallest absolute Gasteiger partial charge is 0.234 e. The Hall–Kier alpha value is -1.98. The van der Waals surface area contributed by atoms with E-state index in [9.17, 15) is 4.79 Å². The summed E-state index contributed by atoms with van der Waals surface area (Å²) in [5, 5.41) is 3.66. The molecular weight excluding hydrogens is 312 g/mol. The third-order valence-corrected chi connectivity index (χ3v) is 3.99. The first-order chi connectivity index (χ1) is 11.1. The predicted molar refractivity (Wildman–Crippen MR) is 91.2 cm³/mol. The lowest BCUT2D eigenvalue weighted by Crippen LogP contribution is -2.37. The molecule has 0 aliphatic rings. The maximum atomic E-state index is 12.0. The van der Waals surface area contributed by atoms with E-state index in [0.717, 1.165) is 22.7 Å². The number of rotatable bonds is 7. The van der Waals surface area contributed by atoms with Crippen molar-refractivity contribution in [2.45, 2.75) is 19.4 Å². The van der Waals surface area contributed by atoms with E-state index in [1.807, 2.05) is 49.2 Å². The Morgan fingerprint density at radius 2 is 2.04 bits per heavy atom. The Kier molecular flexibility index (Phi) is 6.50. The minimum atomic E-state index is 0.00219. The van der Waals surface area contributed by atoms with Crippen molar-refractivity contribution in [2.24, 2.45) is 0 Å². The van der Waals surface area contributed by atoms with Crippen LogP contribution in [-0.2, 0) is 11.2 Å². The van der Waals surface area contributed by atoms with Crippen LogP contribution >= 0.6 is 11.6 Å². The Balaban J connectivity index is 1.74. The molecule has 6 heteroatoms. The molecule has 2 rings (SSSR count). The molecule has 0 saturated heterocycles. The quantitative estimate of drug-likeness (QED) is 0.846. The SMILES string of the molecule is C[C@@H](c1ccncn1)N(C)CC(=O)NCCc1ccc(Cl)cc1. The summed E-state index contributed by atoms with van der Waals surface area (Å²) in [6.07, 6.45) is 4.01. The molecule has 0 spiro atoms. The molecule has 2 aromatic rings. The minimum absolute atomic E-state index is 0.00219. The normalized spacial score (nSPS) is 12.2. The van der Waals surface area contributed by atoms with Crippen molar-refractivity contribution in [1.29, 1.82) is 0 Å². The van der Waals surface area contributed by atoms with Gasteiger partial charge in [-0.3, -0.25) is 9.69 Å². The standard InChI is InChI=1S/C17H21ClN4O/c1-13(16-8-9-19-12-21-16)22(2)11-17(23)20-10-7-14-3-5-15(18)6-4-14/h3-6,8-9,12-13H,7,10-11H2,1-2H3,(H,20,23)/t13-/m0/s1. The van der Waals surface area contributed by atoms with Crippen molar-refractivity contribution in [3.63, 3.8) is 0 Å². The van der Waals surface area contributed by atoms with Gasteiger partial charge >= 0.3 is 0 Å². The van der Waals surface area contributed by atoms with Crippen LogP contribution in [-0.4, -0.2) is 40.9 Å². The van der Waals surface area contributed by atoms with Crippen molar-refractivity contribution in [2.75, 3.05) is 20.1 Å². The predicted octanol–water partition coefficient (Wildman–Crippen LogP) is 2.48. The molecule has 1 aromatic carbocycles. The van der Waals surface area contributed by atoms with Gasteiger partial charge < -0.3 is 5.32 Å². The summed E-state index contributed by atoms with van der Waals surface area (Å²) in [5.41, 5.74) is 2.05. The number of nitrogens with zero attached hydrogens (tertiary/aromatic N) is 3. The van der Waals surface area contributed by atoms with Crippen LogP contribution in [0, 0.1) is 0 Å². The summed E-state index contributed by atoms with van der Waals surface area (Å²) in [4.78, 5) is 22.1. The van der Waals surface area contributed by atoms with E-state index in [0.29, 0.717) is 13.1 Å². The highest BCUT2D eigenvalue weighted by molar-refractivity contribution is 6.30. The van der Waals surface area contributed by atoms with Crippen molar-refractivity contribution in [3.05, 3.63) is 59.1 Å². The molecular formula is C17H21ClN4O. The molecule has 0 unspecified atom stereocenters. The zero-order valence-electron chi connectivity index (χ0n) is 13.4. The summed E-state index contributed by atoms with van der Waals surface area (Å²) in [6.45, 7) is 2.95. The van der Waals surface area contributed by atoms with Gasteiger partial charge in [0.25, 0.3) is 0 Å². The van der Waals surface area contributed by atoms with Gasteiger partial charge in [-0.1, -0.05) is 23.7 Å². The Bertz CT molecular complexity index is 618. The second-order valence-corrected chi connectivity index (χ2v) is 5.89. The van der Waals surface area contributed by atoms with Crippen molar-refractivity contribution in [3.8, 4) is 0 Å². The van der Waals surface area contributed by atoms with Crippen molar-refractivity contribution < 1.29 is 4.79 Å². The highest BCUT2D eigenvalue weighted by Gasteiger charge is 2.15. The van der Waals surface area contributed by atoms with Crippen LogP contribution in [0.25, 0.3) is 0 Å². The lowest BCUT2D eigenvalue weighted by atomic mass is 10.1. The molecule has 1 amide bonds. The monoisotopic (exact) mass is 332 g/mol. The Morgan fingerprint density at radius 3 is 2.70 bits per heavy atom. The molecule has 0 aliphatic carbocycles. The van der Waals surface area contributed by atoms with Gasteiger partial charge in [-0.15, -0.1) is 0 Å². The van der Waals surface area contributed by atoms with Gasteiger partial charge in [-0.2, -0.15) is 0 Å². The van der Waals surface area contributed by atoms with Gasteiger partial charge in [0.15, 0.2) is 0 Å². The van der Waals surface area contributed by atoms with Gasteiger partial charge in [0.1, 0.15) is 6.33 Å². The number of likely N-dealkylation sites (N-methyl/N-ethyl adjacent to an activating group) is 1. The molecule has 1 aromatic heterocycles. The van der Waals surface area contributed by atoms with Gasteiger partial charge in [0.2, 0.25) is 5.91 Å². The van der Waals surface area contributed by atoms with Crippen LogP contribution in [0.2, 0.25) is 5.02 Å². The van der Waals surface area contributed by atoms with Crippen molar-refractivity contribution in [1.82, 2.24) is 20.2 Å². The number of aromatic nitrogens is 2. The number of carbonyl (C=O) groups is 1. The largest absolute Gasteiger partial charge is 0.355 e. The van der Waals surface area contributed by atoms with E-state index in [-0.39, 0.29) is 11.9 Å². The molecule has 0 fully saturated rings. The first kappa shape index (κ1) is 17.4. The fourth-order valence-electron chi connectivity index (χ4n) is 2.19. The fraction of sp³-hybridized carbons (Fsp3) is 0.353. The number of amides is 1. The van der Waals surface area contributed by atoms with Gasteiger partial charge in [0, 0.05) is 23.8 Å². The number of halogens is 1. The summed E-state index contributed by atoms with van der Waals surface area (Å²) >= 11 is 5.85. The molecule has 1 heterocycles. The van der Waals surface area contributed by atoms with Gasteiger partial charge in [-0.05, 0) is 44.2 Å². The summed E-state index contributed by atoms with van der Waals surface area (Å²) in [7, 11) is 1.91. The Labute approximate surface area is 141 Å². The third-order valence-electron chi connectivity index (χ3n) is 3.74. The van der Waals surface area contributed by atoms with Crippen LogP contribution in [0.3, 0.4) is 0 Å². The maximum absolute atomic E-state index is 12.0. The molecule has 0 saturated carbocycles. The van der Waals surface area contributed by atoms with E-state index >= 15 is 0 Å². The van der Waals surface area contributed by atoms with Crippen LogP contribution in [0.15, 0.2) is 42.9 Å². The molecule has 0 bridgehead atoms. The molecule has 0 aliphatic heterocycles. The fourth-order valence-corrected chi connectivity index (χ4v) is 2.32. The van der Waals surface area contributed by atoms with Gasteiger partial charge in [0.05, 0.1) is 12.2 Å². The second-order valence-electron chi connectivity index (χ2n) is 5.45. The van der Waals surface area contributed by atoms with E-state index < -0.39 is 0 Å². The minimum Gasteiger partial charge on any atom is -0.355 e. The summed E-state index contributed by atoms with van der Waals surface area (Å²) in [5.74, 6) is 0.00219. The summed E-state index contributed by atoms with van der Waals surface area (Å²) < 4.78 is 0. The number of carbonyl (C=O) groups excluding carboxylic acids is 1. The van der Waals surface area contributed by atoms with Crippen LogP contribution in [0.5, 0.6) is 0 Å². The highest BCUT2D eigenvalue weighted by atomic mass is 35.5. The van der Waals surface area contributed by atoms with Crippen LogP contribution in [0.1, 0.15) is 24.2 Å². The molecule has 1 N–H and O–H groups in total. The average Bonchev–Trinajstić information content (AvgIpc) is 2.56. The third kappa shape index (κ3) is 5.62. The zero-order chi connectivity index (χ0) is 16.7. The Morgan fingerprint density at radius 1 is 1.30 bits per heavy atom. The molecule has 0 radical (unpaired) electrons. The first-order valence-corrected chi connectivity index (χ1v) is 7.91.